The minimum absolute atomic E-state index is 0.741. The highest BCUT2D eigenvalue weighted by atomic mass is 32.1. The second-order valence-electron chi connectivity index (χ2n) is 4.08. The maximum absolute atomic E-state index is 5.25. The lowest BCUT2D eigenvalue weighted by Crippen LogP contribution is -1.98. The molecule has 1 aromatic carbocycles. The molecule has 0 aliphatic heterocycles. The molecule has 0 bridgehead atoms. The molecule has 96 valence electrons. The lowest BCUT2D eigenvalue weighted by Gasteiger charge is -2.05. The van der Waals surface area contributed by atoms with Crippen molar-refractivity contribution in [1.29, 1.82) is 0 Å². The number of hydrogen-bond acceptors (Lipinski definition) is 6. The van der Waals surface area contributed by atoms with E-state index >= 15 is 0 Å². The van der Waals surface area contributed by atoms with Crippen molar-refractivity contribution in [3.63, 3.8) is 0 Å². The molecule has 0 spiro atoms. The predicted molar refractivity (Wildman–Crippen MR) is 73.9 cm³/mol. The monoisotopic (exact) mass is 272 g/mol. The van der Waals surface area contributed by atoms with E-state index in [4.69, 9.17) is 4.42 Å². The van der Waals surface area contributed by atoms with Crippen molar-refractivity contribution in [1.82, 2.24) is 14.6 Å². The fourth-order valence-corrected chi connectivity index (χ4v) is 2.28. The molecular formula is C13H12N4OS. The van der Waals surface area contributed by atoms with E-state index in [9.17, 15) is 0 Å². The summed E-state index contributed by atoms with van der Waals surface area (Å²) in [5, 5.41) is 7.33. The molecule has 0 radical (unpaired) electrons. The second kappa shape index (κ2) is 5.19. The van der Waals surface area contributed by atoms with E-state index in [0.717, 1.165) is 34.1 Å². The van der Waals surface area contributed by atoms with E-state index in [1.165, 1.54) is 17.9 Å². The summed E-state index contributed by atoms with van der Waals surface area (Å²) in [4.78, 5) is 5.06. The van der Waals surface area contributed by atoms with Crippen molar-refractivity contribution in [2.24, 2.45) is 0 Å². The summed E-state index contributed by atoms with van der Waals surface area (Å²) in [6, 6.07) is 8.03. The number of benzene rings is 1. The Hall–Kier alpha value is -2.21. The number of anilines is 1. The van der Waals surface area contributed by atoms with Crippen molar-refractivity contribution in [2.75, 3.05) is 5.32 Å². The van der Waals surface area contributed by atoms with Gasteiger partial charge in [-0.1, -0.05) is 4.49 Å². The molecule has 5 nitrogen and oxygen atoms in total. The molecule has 1 N–H and O–H groups in total. The number of aromatic nitrogens is 3. The lowest BCUT2D eigenvalue weighted by molar-refractivity contribution is 0.572. The van der Waals surface area contributed by atoms with E-state index in [2.05, 4.69) is 19.9 Å². The van der Waals surface area contributed by atoms with Crippen LogP contribution in [-0.2, 0) is 6.54 Å². The van der Waals surface area contributed by atoms with Crippen molar-refractivity contribution in [3.8, 4) is 11.3 Å². The van der Waals surface area contributed by atoms with Crippen LogP contribution >= 0.6 is 11.5 Å². The standard InChI is InChI=1S/C13H12N4OS/c1-9-13(19-17-16-9)7-15-11-4-2-10(3-5-11)12-6-14-8-18-12/h2-6,8,15H,7H2,1H3. The van der Waals surface area contributed by atoms with Crippen molar-refractivity contribution in [2.45, 2.75) is 13.5 Å². The zero-order valence-corrected chi connectivity index (χ0v) is 11.1. The summed E-state index contributed by atoms with van der Waals surface area (Å²) in [5.74, 6) is 0.772. The largest absolute Gasteiger partial charge is 0.444 e. The third kappa shape index (κ3) is 2.63. The molecule has 0 aliphatic rings. The molecule has 0 saturated carbocycles. The van der Waals surface area contributed by atoms with Gasteiger partial charge in [0, 0.05) is 11.3 Å². The van der Waals surface area contributed by atoms with Gasteiger partial charge in [-0.15, -0.1) is 5.10 Å². The quantitative estimate of drug-likeness (QED) is 0.790. The Balaban J connectivity index is 1.68. The van der Waals surface area contributed by atoms with Crippen LogP contribution in [0.1, 0.15) is 10.6 Å². The lowest BCUT2D eigenvalue weighted by atomic mass is 10.1. The number of aryl methyl sites for hydroxylation is 1. The van der Waals surface area contributed by atoms with Crippen LogP contribution in [0.2, 0.25) is 0 Å². The third-order valence-electron chi connectivity index (χ3n) is 2.80. The Morgan fingerprint density at radius 2 is 2.11 bits per heavy atom. The fraction of sp³-hybridized carbons (Fsp3) is 0.154. The van der Waals surface area contributed by atoms with Gasteiger partial charge >= 0.3 is 0 Å². The summed E-state index contributed by atoms with van der Waals surface area (Å²) in [6.07, 6.45) is 3.13. The van der Waals surface area contributed by atoms with Gasteiger partial charge in [0.1, 0.15) is 0 Å². The van der Waals surface area contributed by atoms with Crippen molar-refractivity contribution >= 4 is 17.2 Å². The SMILES string of the molecule is Cc1nnsc1CNc1ccc(-c2cnco2)cc1. The molecular weight excluding hydrogens is 260 g/mol. The molecule has 2 heterocycles. The Morgan fingerprint density at radius 3 is 2.74 bits per heavy atom. The highest BCUT2D eigenvalue weighted by Gasteiger charge is 2.04. The number of nitrogens with one attached hydrogen (secondary N) is 1. The van der Waals surface area contributed by atoms with Gasteiger partial charge in [0.2, 0.25) is 0 Å². The molecule has 0 fully saturated rings. The minimum atomic E-state index is 0.741. The van der Waals surface area contributed by atoms with E-state index in [0.29, 0.717) is 0 Å². The molecule has 19 heavy (non-hydrogen) atoms. The van der Waals surface area contributed by atoms with Gasteiger partial charge in [0.15, 0.2) is 12.2 Å². The molecule has 0 saturated heterocycles. The van der Waals surface area contributed by atoms with Crippen LogP contribution in [0.25, 0.3) is 11.3 Å². The third-order valence-corrected chi connectivity index (χ3v) is 3.62. The van der Waals surface area contributed by atoms with Gasteiger partial charge in [-0.2, -0.15) is 0 Å². The second-order valence-corrected chi connectivity index (χ2v) is 4.92. The summed E-state index contributed by atoms with van der Waals surface area (Å²) < 4.78 is 9.16. The van der Waals surface area contributed by atoms with E-state index in [1.54, 1.807) is 6.20 Å². The van der Waals surface area contributed by atoms with Crippen LogP contribution < -0.4 is 5.32 Å². The first-order valence-electron chi connectivity index (χ1n) is 5.83. The normalized spacial score (nSPS) is 10.6. The van der Waals surface area contributed by atoms with Crippen LogP contribution in [0, 0.1) is 6.92 Å². The summed E-state index contributed by atoms with van der Waals surface area (Å²) in [5.41, 5.74) is 3.05. The van der Waals surface area contributed by atoms with Gasteiger partial charge in [0.25, 0.3) is 0 Å². The Bertz CT molecular complexity index is 646. The van der Waals surface area contributed by atoms with Crippen LogP contribution in [0.4, 0.5) is 5.69 Å². The van der Waals surface area contributed by atoms with Crippen molar-refractivity contribution < 1.29 is 4.42 Å². The van der Waals surface area contributed by atoms with E-state index in [-0.39, 0.29) is 0 Å². The zero-order valence-electron chi connectivity index (χ0n) is 10.3. The topological polar surface area (TPSA) is 63.8 Å². The average Bonchev–Trinajstić information content (AvgIpc) is 3.09. The molecule has 3 aromatic rings. The van der Waals surface area contributed by atoms with Gasteiger partial charge in [0.05, 0.1) is 23.3 Å². The summed E-state index contributed by atoms with van der Waals surface area (Å²) in [6.45, 7) is 2.71. The first-order valence-corrected chi connectivity index (χ1v) is 6.61. The maximum atomic E-state index is 5.25. The average molecular weight is 272 g/mol. The molecule has 0 unspecified atom stereocenters. The Labute approximate surface area is 114 Å². The smallest absolute Gasteiger partial charge is 0.181 e. The number of rotatable bonds is 4. The first kappa shape index (κ1) is 11.9. The minimum Gasteiger partial charge on any atom is -0.444 e. The number of oxazole rings is 1. The van der Waals surface area contributed by atoms with Crippen LogP contribution in [0.3, 0.4) is 0 Å². The van der Waals surface area contributed by atoms with Gasteiger partial charge in [-0.05, 0) is 42.7 Å². The number of hydrogen-bond donors (Lipinski definition) is 1. The van der Waals surface area contributed by atoms with E-state index < -0.39 is 0 Å². The number of nitrogens with zero attached hydrogens (tertiary/aromatic N) is 3. The highest BCUT2D eigenvalue weighted by Crippen LogP contribution is 2.21. The molecule has 0 amide bonds. The maximum Gasteiger partial charge on any atom is 0.181 e. The van der Waals surface area contributed by atoms with E-state index in [1.807, 2.05) is 31.2 Å². The molecule has 6 heteroatoms. The Morgan fingerprint density at radius 1 is 1.26 bits per heavy atom. The fourth-order valence-electron chi connectivity index (χ4n) is 1.71. The molecule has 3 rings (SSSR count). The van der Waals surface area contributed by atoms with Crippen LogP contribution in [0.15, 0.2) is 41.3 Å². The first-order chi connectivity index (χ1) is 9.33. The highest BCUT2D eigenvalue weighted by molar-refractivity contribution is 7.05. The van der Waals surface area contributed by atoms with Crippen LogP contribution in [-0.4, -0.2) is 14.6 Å². The molecule has 0 aliphatic carbocycles. The predicted octanol–water partition coefficient (Wildman–Crippen LogP) is 3.11. The molecule has 0 atom stereocenters. The Kier molecular flexibility index (Phi) is 3.24. The van der Waals surface area contributed by atoms with Gasteiger partial charge in [-0.25, -0.2) is 4.98 Å². The zero-order chi connectivity index (χ0) is 13.1. The molecule has 2 aromatic heterocycles. The van der Waals surface area contributed by atoms with Gasteiger partial charge in [-0.3, -0.25) is 0 Å². The summed E-state index contributed by atoms with van der Waals surface area (Å²) >= 11 is 1.42. The summed E-state index contributed by atoms with van der Waals surface area (Å²) in [7, 11) is 0. The van der Waals surface area contributed by atoms with Crippen LogP contribution in [0.5, 0.6) is 0 Å². The van der Waals surface area contributed by atoms with Crippen molar-refractivity contribution in [3.05, 3.63) is 47.4 Å². The van der Waals surface area contributed by atoms with Gasteiger partial charge < -0.3 is 9.73 Å².